The molecule has 1 aliphatic rings. The maximum absolute atomic E-state index is 12.7. The lowest BCUT2D eigenvalue weighted by Crippen LogP contribution is -2.43. The van der Waals surface area contributed by atoms with Crippen molar-refractivity contribution in [3.05, 3.63) is 29.8 Å². The monoisotopic (exact) mass is 346 g/mol. The maximum Gasteiger partial charge on any atom is 0.350 e. The second-order valence-corrected chi connectivity index (χ2v) is 8.64. The smallest absolute Gasteiger partial charge is 0.350 e. The Kier molecular flexibility index (Phi) is 5.60. The lowest BCUT2D eigenvalue weighted by molar-refractivity contribution is -0.169. The van der Waals surface area contributed by atoms with Gasteiger partial charge in [0.25, 0.3) is 0 Å². The van der Waals surface area contributed by atoms with E-state index in [1.807, 2.05) is 0 Å². The highest BCUT2D eigenvalue weighted by molar-refractivity contribution is 5.94. The molecule has 0 spiro atoms. The van der Waals surface area contributed by atoms with Gasteiger partial charge in [-0.2, -0.15) is 0 Å². The Labute approximate surface area is 150 Å². The number of Topliss-reactive ketones (excluding diaryl/α,β-unsaturated/α-hetero) is 1. The van der Waals surface area contributed by atoms with Crippen LogP contribution in [0.15, 0.2) is 24.3 Å². The zero-order chi connectivity index (χ0) is 18.8. The molecule has 2 atom stereocenters. The van der Waals surface area contributed by atoms with Crippen LogP contribution >= 0.6 is 0 Å². The highest BCUT2D eigenvalue weighted by Crippen LogP contribution is 2.40. The molecular formula is C21H30O4. The number of ether oxygens (including phenoxy) is 2. The van der Waals surface area contributed by atoms with Gasteiger partial charge in [-0.25, -0.2) is 4.79 Å². The summed E-state index contributed by atoms with van der Waals surface area (Å²) in [6.07, 6.45) is 2.85. The minimum atomic E-state index is -1.11. The minimum Gasteiger partial charge on any atom is -0.476 e. The summed E-state index contributed by atoms with van der Waals surface area (Å²) in [5.74, 6) is 0.629. The van der Waals surface area contributed by atoms with Crippen molar-refractivity contribution in [3.8, 4) is 5.75 Å². The van der Waals surface area contributed by atoms with Crippen LogP contribution in [0.3, 0.4) is 0 Å². The number of ketones is 1. The maximum atomic E-state index is 12.7. The topological polar surface area (TPSA) is 52.6 Å². The molecular weight excluding hydrogens is 316 g/mol. The molecule has 0 aliphatic heterocycles. The molecule has 0 aromatic heterocycles. The summed E-state index contributed by atoms with van der Waals surface area (Å²) in [6, 6.07) is 6.88. The van der Waals surface area contributed by atoms with Crippen molar-refractivity contribution in [1.82, 2.24) is 0 Å². The molecule has 0 N–H and O–H groups in total. The van der Waals surface area contributed by atoms with E-state index in [1.54, 1.807) is 38.1 Å². The quantitative estimate of drug-likeness (QED) is 0.567. The van der Waals surface area contributed by atoms with Crippen LogP contribution < -0.4 is 4.74 Å². The largest absolute Gasteiger partial charge is 0.476 e. The number of esters is 1. The molecule has 1 aromatic carbocycles. The van der Waals surface area contributed by atoms with Crippen molar-refractivity contribution in [2.45, 2.75) is 72.5 Å². The third-order valence-corrected chi connectivity index (χ3v) is 4.73. The predicted molar refractivity (Wildman–Crippen MR) is 97.8 cm³/mol. The summed E-state index contributed by atoms with van der Waals surface area (Å²) >= 11 is 0. The summed E-state index contributed by atoms with van der Waals surface area (Å²) in [4.78, 5) is 24.2. The fraction of sp³-hybridized carbons (Fsp3) is 0.619. The molecule has 2 unspecified atom stereocenters. The Hall–Kier alpha value is -1.84. The van der Waals surface area contributed by atoms with Crippen LogP contribution in [0.4, 0.5) is 0 Å². The number of hydrogen-bond donors (Lipinski definition) is 0. The van der Waals surface area contributed by atoms with Gasteiger partial charge in [-0.3, -0.25) is 4.79 Å². The van der Waals surface area contributed by atoms with E-state index in [1.165, 1.54) is 6.92 Å². The van der Waals surface area contributed by atoms with Crippen molar-refractivity contribution in [3.63, 3.8) is 0 Å². The average molecular weight is 346 g/mol. The lowest BCUT2D eigenvalue weighted by Gasteiger charge is -2.39. The summed E-state index contributed by atoms with van der Waals surface area (Å²) in [7, 11) is 0. The van der Waals surface area contributed by atoms with Crippen LogP contribution in [0.2, 0.25) is 0 Å². The van der Waals surface area contributed by atoms with E-state index in [0.717, 1.165) is 19.3 Å². The molecule has 1 saturated carbocycles. The highest BCUT2D eigenvalue weighted by atomic mass is 16.6. The van der Waals surface area contributed by atoms with Crippen LogP contribution in [0.25, 0.3) is 0 Å². The van der Waals surface area contributed by atoms with Crippen LogP contribution in [0, 0.1) is 11.3 Å². The van der Waals surface area contributed by atoms with E-state index < -0.39 is 5.60 Å². The summed E-state index contributed by atoms with van der Waals surface area (Å²) in [6.45, 7) is 11.6. The molecule has 0 saturated heterocycles. The fourth-order valence-corrected chi connectivity index (χ4v) is 3.76. The zero-order valence-corrected chi connectivity index (χ0v) is 16.2. The molecule has 138 valence electrons. The molecule has 0 radical (unpaired) electrons. The third kappa shape index (κ3) is 5.32. The first kappa shape index (κ1) is 19.5. The van der Waals surface area contributed by atoms with Crippen molar-refractivity contribution in [2.24, 2.45) is 11.3 Å². The van der Waals surface area contributed by atoms with E-state index >= 15 is 0 Å². The van der Waals surface area contributed by atoms with Crippen LogP contribution in [0.5, 0.6) is 5.75 Å². The van der Waals surface area contributed by atoms with Crippen LogP contribution in [0.1, 0.15) is 71.2 Å². The third-order valence-electron chi connectivity index (χ3n) is 4.73. The Morgan fingerprint density at radius 3 is 2.48 bits per heavy atom. The van der Waals surface area contributed by atoms with Gasteiger partial charge >= 0.3 is 5.97 Å². The Morgan fingerprint density at radius 2 is 1.88 bits per heavy atom. The van der Waals surface area contributed by atoms with Crippen LogP contribution in [-0.2, 0) is 9.53 Å². The highest BCUT2D eigenvalue weighted by Gasteiger charge is 2.38. The summed E-state index contributed by atoms with van der Waals surface area (Å²) in [5, 5.41) is 0. The molecule has 4 heteroatoms. The average Bonchev–Trinajstić information content (AvgIpc) is 2.44. The predicted octanol–water partition coefficient (Wildman–Crippen LogP) is 4.80. The lowest BCUT2D eigenvalue weighted by atomic mass is 9.71. The van der Waals surface area contributed by atoms with Gasteiger partial charge in [-0.1, -0.05) is 32.9 Å². The Bertz CT molecular complexity index is 645. The molecule has 4 nitrogen and oxygen atoms in total. The molecule has 0 heterocycles. The van der Waals surface area contributed by atoms with Gasteiger partial charge in [0.2, 0.25) is 0 Å². The first-order valence-electron chi connectivity index (χ1n) is 9.00. The van der Waals surface area contributed by atoms with Gasteiger partial charge in [0.15, 0.2) is 11.4 Å². The van der Waals surface area contributed by atoms with E-state index in [-0.39, 0.29) is 23.3 Å². The van der Waals surface area contributed by atoms with Crippen molar-refractivity contribution in [2.75, 3.05) is 0 Å². The molecule has 1 aliphatic carbocycles. The Morgan fingerprint density at radius 1 is 1.20 bits per heavy atom. The van der Waals surface area contributed by atoms with Gasteiger partial charge in [0.05, 0.1) is 0 Å². The van der Waals surface area contributed by atoms with Crippen molar-refractivity contribution < 1.29 is 19.1 Å². The van der Waals surface area contributed by atoms with Gasteiger partial charge in [-0.05, 0) is 63.5 Å². The van der Waals surface area contributed by atoms with E-state index in [0.29, 0.717) is 17.2 Å². The number of rotatable bonds is 5. The minimum absolute atomic E-state index is 0.0377. The standard InChI is InChI=1S/C21H30O4/c1-14-10-18(13-20(3,4)12-14)24-19(23)21(5,6)25-17-9-7-8-16(11-17)15(2)22/h7-9,11,14,18H,10,12-13H2,1-6H3. The second kappa shape index (κ2) is 7.19. The summed E-state index contributed by atoms with van der Waals surface area (Å²) < 4.78 is 11.6. The normalized spacial score (nSPS) is 23.0. The SMILES string of the molecule is CC(=O)c1cccc(OC(C)(C)C(=O)OC2CC(C)CC(C)(C)C2)c1. The molecule has 1 fully saturated rings. The first-order valence-corrected chi connectivity index (χ1v) is 9.00. The molecule has 25 heavy (non-hydrogen) atoms. The van der Waals surface area contributed by atoms with Gasteiger partial charge in [0, 0.05) is 5.56 Å². The number of hydrogen-bond acceptors (Lipinski definition) is 4. The van der Waals surface area contributed by atoms with E-state index in [4.69, 9.17) is 9.47 Å². The summed E-state index contributed by atoms with van der Waals surface area (Å²) in [5.41, 5.74) is -0.367. The second-order valence-electron chi connectivity index (χ2n) is 8.64. The van der Waals surface area contributed by atoms with Gasteiger partial charge in [0.1, 0.15) is 11.9 Å². The van der Waals surface area contributed by atoms with Gasteiger partial charge in [-0.15, -0.1) is 0 Å². The van der Waals surface area contributed by atoms with E-state index in [2.05, 4.69) is 20.8 Å². The van der Waals surface area contributed by atoms with Gasteiger partial charge < -0.3 is 9.47 Å². The fourth-order valence-electron chi connectivity index (χ4n) is 3.76. The van der Waals surface area contributed by atoms with E-state index in [9.17, 15) is 9.59 Å². The molecule has 0 amide bonds. The van der Waals surface area contributed by atoms with Crippen molar-refractivity contribution >= 4 is 11.8 Å². The van der Waals surface area contributed by atoms with Crippen LogP contribution in [-0.4, -0.2) is 23.5 Å². The Balaban J connectivity index is 2.04. The molecule has 2 rings (SSSR count). The van der Waals surface area contributed by atoms with Crippen molar-refractivity contribution in [1.29, 1.82) is 0 Å². The first-order chi connectivity index (χ1) is 11.5. The molecule has 0 bridgehead atoms. The number of benzene rings is 1. The molecule has 1 aromatic rings. The zero-order valence-electron chi connectivity index (χ0n) is 16.2. The number of carbonyl (C=O) groups is 2. The number of carbonyl (C=O) groups excluding carboxylic acids is 2.